The third kappa shape index (κ3) is 3.24. The van der Waals surface area contributed by atoms with Gasteiger partial charge in [-0.25, -0.2) is 0 Å². The molecule has 0 spiro atoms. The van der Waals surface area contributed by atoms with Crippen molar-refractivity contribution in [3.05, 3.63) is 11.3 Å². The molecule has 0 saturated carbocycles. The molecule has 0 aromatic heterocycles. The van der Waals surface area contributed by atoms with Crippen molar-refractivity contribution >= 4 is 11.8 Å². The minimum absolute atomic E-state index is 0.133. The van der Waals surface area contributed by atoms with Crippen molar-refractivity contribution in [2.45, 2.75) is 39.2 Å². The van der Waals surface area contributed by atoms with Gasteiger partial charge in [-0.3, -0.25) is 9.59 Å². The van der Waals surface area contributed by atoms with Crippen LogP contribution in [-0.2, 0) is 14.3 Å². The van der Waals surface area contributed by atoms with E-state index in [9.17, 15) is 9.59 Å². The Hall–Kier alpha value is -1.52. The van der Waals surface area contributed by atoms with Gasteiger partial charge in [0.15, 0.2) is 0 Å². The molecule has 2 amide bonds. The first-order valence-electron chi connectivity index (χ1n) is 6.12. The molecule has 0 radical (unpaired) electrons. The fourth-order valence-electron chi connectivity index (χ4n) is 1.98. The fourth-order valence-corrected chi connectivity index (χ4v) is 1.98. The number of rotatable bonds is 3. The zero-order chi connectivity index (χ0) is 13.9. The summed E-state index contributed by atoms with van der Waals surface area (Å²) in [6, 6.07) is 0. The van der Waals surface area contributed by atoms with E-state index in [2.05, 4.69) is 5.32 Å². The minimum atomic E-state index is -0.911. The summed E-state index contributed by atoms with van der Waals surface area (Å²) in [6.45, 7) is 5.84. The number of allylic oxidation sites excluding steroid dienone is 1. The number of amides is 2. The molecular formula is C13H22N2O3. The summed E-state index contributed by atoms with van der Waals surface area (Å²) < 4.78 is 5.36. The van der Waals surface area contributed by atoms with Gasteiger partial charge in [-0.05, 0) is 33.6 Å². The predicted octanol–water partition coefficient (Wildman–Crippen LogP) is 1.05. The third-order valence-electron chi connectivity index (χ3n) is 2.96. The number of carbonyl (C=O) groups excluding carboxylic acids is 2. The standard InChI is InChI=1S/C13H22N2O3/c1-9-10(7-6-8-18-9)11(16)14-13(2,3)12(17)15(4)5/h6-8H2,1-5H3,(H,14,16). The SMILES string of the molecule is CC1=C(C(=O)NC(C)(C)C(=O)N(C)C)CCCO1. The molecule has 0 atom stereocenters. The molecule has 102 valence electrons. The second kappa shape index (κ2) is 5.42. The summed E-state index contributed by atoms with van der Waals surface area (Å²) in [6.07, 6.45) is 1.53. The van der Waals surface area contributed by atoms with Gasteiger partial charge >= 0.3 is 0 Å². The Morgan fingerprint density at radius 3 is 2.44 bits per heavy atom. The topological polar surface area (TPSA) is 58.6 Å². The van der Waals surface area contributed by atoms with Crippen molar-refractivity contribution in [1.29, 1.82) is 0 Å². The molecule has 18 heavy (non-hydrogen) atoms. The van der Waals surface area contributed by atoms with Gasteiger partial charge in [0.25, 0.3) is 5.91 Å². The number of carbonyl (C=O) groups is 2. The quantitative estimate of drug-likeness (QED) is 0.819. The smallest absolute Gasteiger partial charge is 0.251 e. The first-order valence-corrected chi connectivity index (χ1v) is 6.12. The number of nitrogens with one attached hydrogen (secondary N) is 1. The highest BCUT2D eigenvalue weighted by molar-refractivity contribution is 5.98. The Bertz CT molecular complexity index is 384. The molecule has 5 nitrogen and oxygen atoms in total. The first kappa shape index (κ1) is 14.5. The number of hydrogen-bond acceptors (Lipinski definition) is 3. The molecule has 5 heteroatoms. The molecule has 0 bridgehead atoms. The lowest BCUT2D eigenvalue weighted by molar-refractivity contribution is -0.137. The fraction of sp³-hybridized carbons (Fsp3) is 0.692. The van der Waals surface area contributed by atoms with E-state index in [0.29, 0.717) is 24.4 Å². The predicted molar refractivity (Wildman–Crippen MR) is 68.8 cm³/mol. The molecule has 0 fully saturated rings. The lowest BCUT2D eigenvalue weighted by atomic mass is 10.0. The monoisotopic (exact) mass is 254 g/mol. The highest BCUT2D eigenvalue weighted by atomic mass is 16.5. The maximum atomic E-state index is 12.1. The second-order valence-electron chi connectivity index (χ2n) is 5.27. The van der Waals surface area contributed by atoms with Gasteiger partial charge in [0.1, 0.15) is 11.3 Å². The van der Waals surface area contributed by atoms with Gasteiger partial charge < -0.3 is 15.0 Å². The molecule has 0 aromatic carbocycles. The average molecular weight is 254 g/mol. The first-order chi connectivity index (χ1) is 8.25. The van der Waals surface area contributed by atoms with Gasteiger partial charge in [-0.1, -0.05) is 0 Å². The van der Waals surface area contributed by atoms with E-state index in [0.717, 1.165) is 6.42 Å². The van der Waals surface area contributed by atoms with E-state index in [4.69, 9.17) is 4.74 Å². The van der Waals surface area contributed by atoms with Crippen LogP contribution >= 0.6 is 0 Å². The van der Waals surface area contributed by atoms with Crippen molar-refractivity contribution in [1.82, 2.24) is 10.2 Å². The Kier molecular flexibility index (Phi) is 4.38. The summed E-state index contributed by atoms with van der Waals surface area (Å²) in [5.74, 6) is 0.310. The number of likely N-dealkylation sites (N-methyl/N-ethyl adjacent to an activating group) is 1. The number of hydrogen-bond donors (Lipinski definition) is 1. The molecule has 1 rings (SSSR count). The molecule has 0 aliphatic carbocycles. The Balaban J connectivity index is 2.78. The third-order valence-corrected chi connectivity index (χ3v) is 2.96. The zero-order valence-corrected chi connectivity index (χ0v) is 11.8. The summed E-state index contributed by atoms with van der Waals surface area (Å²) in [4.78, 5) is 25.5. The molecule has 0 saturated heterocycles. The van der Waals surface area contributed by atoms with Gasteiger partial charge in [-0.15, -0.1) is 0 Å². The molecular weight excluding hydrogens is 232 g/mol. The van der Waals surface area contributed by atoms with Crippen LogP contribution in [0.25, 0.3) is 0 Å². The van der Waals surface area contributed by atoms with E-state index in [1.54, 1.807) is 34.9 Å². The summed E-state index contributed by atoms with van der Waals surface area (Å²) >= 11 is 0. The average Bonchev–Trinajstić information content (AvgIpc) is 2.27. The van der Waals surface area contributed by atoms with Crippen LogP contribution in [0.5, 0.6) is 0 Å². The van der Waals surface area contributed by atoms with Crippen molar-refractivity contribution < 1.29 is 14.3 Å². The van der Waals surface area contributed by atoms with Crippen molar-refractivity contribution in [3.8, 4) is 0 Å². The summed E-state index contributed by atoms with van der Waals surface area (Å²) in [5.41, 5.74) is -0.272. The zero-order valence-electron chi connectivity index (χ0n) is 11.8. The maximum absolute atomic E-state index is 12.1. The Morgan fingerprint density at radius 2 is 1.94 bits per heavy atom. The van der Waals surface area contributed by atoms with E-state index in [-0.39, 0.29) is 11.8 Å². The van der Waals surface area contributed by atoms with E-state index < -0.39 is 5.54 Å². The van der Waals surface area contributed by atoms with Crippen LogP contribution in [-0.4, -0.2) is 43.0 Å². The van der Waals surface area contributed by atoms with Gasteiger partial charge in [-0.2, -0.15) is 0 Å². The lowest BCUT2D eigenvalue weighted by Crippen LogP contribution is -2.54. The van der Waals surface area contributed by atoms with Gasteiger partial charge in [0, 0.05) is 14.1 Å². The summed E-state index contributed by atoms with van der Waals surface area (Å²) in [7, 11) is 3.34. The Labute approximate surface area is 108 Å². The van der Waals surface area contributed by atoms with Crippen LogP contribution in [0.4, 0.5) is 0 Å². The summed E-state index contributed by atoms with van der Waals surface area (Å²) in [5, 5.41) is 2.77. The van der Waals surface area contributed by atoms with Crippen LogP contribution in [0, 0.1) is 0 Å². The van der Waals surface area contributed by atoms with Crippen LogP contribution in [0.2, 0.25) is 0 Å². The van der Waals surface area contributed by atoms with Crippen LogP contribution in [0.3, 0.4) is 0 Å². The molecule has 0 aromatic rings. The van der Waals surface area contributed by atoms with Crippen molar-refractivity contribution in [3.63, 3.8) is 0 Å². The van der Waals surface area contributed by atoms with Crippen molar-refractivity contribution in [2.24, 2.45) is 0 Å². The molecule has 1 aliphatic rings. The highest BCUT2D eigenvalue weighted by Gasteiger charge is 2.32. The molecule has 1 heterocycles. The Morgan fingerprint density at radius 1 is 1.33 bits per heavy atom. The number of ether oxygens (including phenoxy) is 1. The van der Waals surface area contributed by atoms with E-state index >= 15 is 0 Å². The van der Waals surface area contributed by atoms with Crippen molar-refractivity contribution in [2.75, 3.05) is 20.7 Å². The maximum Gasteiger partial charge on any atom is 0.251 e. The minimum Gasteiger partial charge on any atom is -0.498 e. The normalized spacial score (nSPS) is 16.1. The van der Waals surface area contributed by atoms with Crippen LogP contribution < -0.4 is 5.32 Å². The molecule has 1 aliphatic heterocycles. The van der Waals surface area contributed by atoms with E-state index in [1.165, 1.54) is 4.90 Å². The second-order valence-corrected chi connectivity index (χ2v) is 5.27. The van der Waals surface area contributed by atoms with Crippen LogP contribution in [0.1, 0.15) is 33.6 Å². The van der Waals surface area contributed by atoms with Gasteiger partial charge in [0.05, 0.1) is 12.2 Å². The largest absolute Gasteiger partial charge is 0.498 e. The van der Waals surface area contributed by atoms with E-state index in [1.807, 2.05) is 0 Å². The number of nitrogens with zero attached hydrogens (tertiary/aromatic N) is 1. The van der Waals surface area contributed by atoms with Crippen LogP contribution in [0.15, 0.2) is 11.3 Å². The molecule has 0 unspecified atom stereocenters. The van der Waals surface area contributed by atoms with Gasteiger partial charge in [0.2, 0.25) is 5.91 Å². The lowest BCUT2D eigenvalue weighted by Gasteiger charge is -2.29. The highest BCUT2D eigenvalue weighted by Crippen LogP contribution is 2.20. The molecule has 1 N–H and O–H groups in total.